The molecule has 3 aromatic heterocycles. The molecule has 1 amide bonds. The van der Waals surface area contributed by atoms with Crippen LogP contribution in [0.5, 0.6) is 5.88 Å². The average molecular weight is 367 g/mol. The minimum Gasteiger partial charge on any atom is -0.476 e. The molecular formula is C18H21N7O2. The van der Waals surface area contributed by atoms with Crippen molar-refractivity contribution >= 4 is 11.6 Å². The second kappa shape index (κ2) is 6.33. The van der Waals surface area contributed by atoms with E-state index in [1.165, 1.54) is 0 Å². The highest BCUT2D eigenvalue weighted by Crippen LogP contribution is 2.38. The molecule has 4 heterocycles. The van der Waals surface area contributed by atoms with Crippen molar-refractivity contribution in [3.8, 4) is 5.88 Å². The second-order valence-corrected chi connectivity index (χ2v) is 7.38. The molecule has 1 saturated heterocycles. The molecule has 1 atom stereocenters. The van der Waals surface area contributed by atoms with Crippen molar-refractivity contribution in [3.63, 3.8) is 0 Å². The van der Waals surface area contributed by atoms with Crippen LogP contribution in [-0.2, 0) is 7.05 Å². The van der Waals surface area contributed by atoms with Gasteiger partial charge in [0.25, 0.3) is 5.91 Å². The minimum atomic E-state index is 0.0237. The Hall–Kier alpha value is -2.97. The summed E-state index contributed by atoms with van der Waals surface area (Å²) >= 11 is 0. The van der Waals surface area contributed by atoms with Gasteiger partial charge in [0.05, 0.1) is 19.1 Å². The molecule has 1 unspecified atom stereocenters. The molecule has 0 radical (unpaired) electrons. The van der Waals surface area contributed by atoms with E-state index in [9.17, 15) is 4.79 Å². The van der Waals surface area contributed by atoms with Crippen molar-refractivity contribution in [3.05, 3.63) is 36.2 Å². The van der Waals surface area contributed by atoms with Gasteiger partial charge in [-0.05, 0) is 25.3 Å². The maximum absolute atomic E-state index is 12.6. The van der Waals surface area contributed by atoms with Gasteiger partial charge in [-0.25, -0.2) is 4.98 Å². The Kier molecular flexibility index (Phi) is 3.80. The van der Waals surface area contributed by atoms with Crippen LogP contribution in [0.15, 0.2) is 24.7 Å². The van der Waals surface area contributed by atoms with Crippen molar-refractivity contribution in [2.24, 2.45) is 13.0 Å². The molecule has 3 aromatic rings. The summed E-state index contributed by atoms with van der Waals surface area (Å²) in [5, 5.41) is 12.9. The number of fused-ring (bicyclic) bond motifs is 1. The predicted octanol–water partition coefficient (Wildman–Crippen LogP) is 1.28. The van der Waals surface area contributed by atoms with Gasteiger partial charge in [-0.1, -0.05) is 0 Å². The largest absolute Gasteiger partial charge is 0.476 e. The van der Waals surface area contributed by atoms with E-state index in [1.807, 2.05) is 24.1 Å². The summed E-state index contributed by atoms with van der Waals surface area (Å²) < 4.78 is 9.47. The van der Waals surface area contributed by atoms with E-state index in [4.69, 9.17) is 4.74 Å². The van der Waals surface area contributed by atoms with E-state index in [-0.39, 0.29) is 5.91 Å². The van der Waals surface area contributed by atoms with E-state index in [0.29, 0.717) is 36.6 Å². The highest BCUT2D eigenvalue weighted by atomic mass is 16.5. The van der Waals surface area contributed by atoms with Gasteiger partial charge in [0, 0.05) is 38.0 Å². The zero-order valence-electron chi connectivity index (χ0n) is 15.2. The van der Waals surface area contributed by atoms with E-state index >= 15 is 0 Å². The molecule has 27 heavy (non-hydrogen) atoms. The van der Waals surface area contributed by atoms with Gasteiger partial charge < -0.3 is 14.2 Å². The van der Waals surface area contributed by atoms with Crippen LogP contribution in [0.4, 0.5) is 0 Å². The predicted molar refractivity (Wildman–Crippen MR) is 95.5 cm³/mol. The van der Waals surface area contributed by atoms with Crippen molar-refractivity contribution in [2.75, 3.05) is 19.7 Å². The fraction of sp³-hybridized carbons (Fsp3) is 0.500. The van der Waals surface area contributed by atoms with Crippen molar-refractivity contribution in [1.29, 1.82) is 0 Å². The van der Waals surface area contributed by atoms with Crippen LogP contribution >= 0.6 is 0 Å². The lowest BCUT2D eigenvalue weighted by atomic mass is 10.1. The molecule has 5 rings (SSSR count). The number of ether oxygens (including phenoxy) is 1. The number of imidazole rings is 1. The van der Waals surface area contributed by atoms with Crippen LogP contribution < -0.4 is 4.74 Å². The van der Waals surface area contributed by atoms with Gasteiger partial charge in [-0.2, -0.15) is 4.52 Å². The minimum absolute atomic E-state index is 0.0237. The number of likely N-dealkylation sites (tertiary alicyclic amines) is 1. The SMILES string of the molecule is Cn1cncc1C(=O)N1CCC(COc2ccc3nnc(C4CC4)n3n2)C1. The van der Waals surface area contributed by atoms with Crippen molar-refractivity contribution in [1.82, 2.24) is 34.3 Å². The Morgan fingerprint density at radius 2 is 2.15 bits per heavy atom. The quantitative estimate of drug-likeness (QED) is 0.675. The smallest absolute Gasteiger partial charge is 0.272 e. The number of amides is 1. The Bertz CT molecular complexity index is 991. The Balaban J connectivity index is 1.22. The van der Waals surface area contributed by atoms with Gasteiger partial charge in [-0.3, -0.25) is 4.79 Å². The fourth-order valence-electron chi connectivity index (χ4n) is 3.54. The highest BCUT2D eigenvalue weighted by molar-refractivity contribution is 5.92. The number of aryl methyl sites for hydroxylation is 1. The molecule has 1 aliphatic carbocycles. The monoisotopic (exact) mass is 367 g/mol. The molecule has 0 N–H and O–H groups in total. The van der Waals surface area contributed by atoms with Gasteiger partial charge in [0.1, 0.15) is 5.69 Å². The van der Waals surface area contributed by atoms with Crippen LogP contribution in [-0.4, -0.2) is 59.9 Å². The average Bonchev–Trinajstić information content (AvgIpc) is 3.09. The third kappa shape index (κ3) is 3.02. The summed E-state index contributed by atoms with van der Waals surface area (Å²) in [6.45, 7) is 1.96. The van der Waals surface area contributed by atoms with Gasteiger partial charge >= 0.3 is 0 Å². The summed E-state index contributed by atoms with van der Waals surface area (Å²) in [5.74, 6) is 2.29. The number of nitrogens with zero attached hydrogens (tertiary/aromatic N) is 7. The molecule has 1 saturated carbocycles. The topological polar surface area (TPSA) is 90.4 Å². The highest BCUT2D eigenvalue weighted by Gasteiger charge is 2.30. The van der Waals surface area contributed by atoms with Gasteiger partial charge in [0.2, 0.25) is 5.88 Å². The molecule has 1 aliphatic heterocycles. The second-order valence-electron chi connectivity index (χ2n) is 7.38. The van der Waals surface area contributed by atoms with Crippen LogP contribution in [0.1, 0.15) is 41.5 Å². The normalized spacial score (nSPS) is 19.7. The van der Waals surface area contributed by atoms with Crippen LogP contribution in [0.25, 0.3) is 5.65 Å². The maximum Gasteiger partial charge on any atom is 0.272 e. The third-order valence-corrected chi connectivity index (χ3v) is 5.28. The molecule has 9 nitrogen and oxygen atoms in total. The van der Waals surface area contributed by atoms with Crippen molar-refractivity contribution < 1.29 is 9.53 Å². The lowest BCUT2D eigenvalue weighted by Crippen LogP contribution is -2.30. The number of carbonyl (C=O) groups excluding carboxylic acids is 1. The Labute approximate surface area is 156 Å². The van der Waals surface area contributed by atoms with Crippen LogP contribution in [0, 0.1) is 5.92 Å². The number of hydrogen-bond acceptors (Lipinski definition) is 6. The lowest BCUT2D eigenvalue weighted by molar-refractivity contribution is 0.0773. The lowest BCUT2D eigenvalue weighted by Gasteiger charge is -2.16. The molecule has 0 aromatic carbocycles. The zero-order chi connectivity index (χ0) is 18.4. The first-order valence-electron chi connectivity index (χ1n) is 9.30. The third-order valence-electron chi connectivity index (χ3n) is 5.28. The van der Waals surface area contributed by atoms with Crippen LogP contribution in [0.2, 0.25) is 0 Å². The van der Waals surface area contributed by atoms with Crippen LogP contribution in [0.3, 0.4) is 0 Å². The van der Waals surface area contributed by atoms with Crippen molar-refractivity contribution in [2.45, 2.75) is 25.2 Å². The summed E-state index contributed by atoms with van der Waals surface area (Å²) in [6.07, 6.45) is 6.48. The van der Waals surface area contributed by atoms with E-state index < -0.39 is 0 Å². The summed E-state index contributed by atoms with van der Waals surface area (Å²) in [5.41, 5.74) is 1.36. The molecule has 0 bridgehead atoms. The molecule has 140 valence electrons. The number of carbonyl (C=O) groups is 1. The molecule has 0 spiro atoms. The molecule has 2 fully saturated rings. The number of rotatable bonds is 5. The summed E-state index contributed by atoms with van der Waals surface area (Å²) in [7, 11) is 1.83. The first-order valence-corrected chi connectivity index (χ1v) is 9.30. The van der Waals surface area contributed by atoms with E-state index in [2.05, 4.69) is 20.3 Å². The number of hydrogen-bond donors (Lipinski definition) is 0. The van der Waals surface area contributed by atoms with E-state index in [1.54, 1.807) is 21.6 Å². The van der Waals surface area contributed by atoms with E-state index in [0.717, 1.165) is 37.3 Å². The van der Waals surface area contributed by atoms with Gasteiger partial charge in [0.15, 0.2) is 11.5 Å². The molecule has 2 aliphatic rings. The first-order chi connectivity index (χ1) is 13.2. The first kappa shape index (κ1) is 16.2. The summed E-state index contributed by atoms with van der Waals surface area (Å²) in [6, 6.07) is 3.71. The zero-order valence-corrected chi connectivity index (χ0v) is 15.2. The fourth-order valence-corrected chi connectivity index (χ4v) is 3.54. The molecule has 9 heteroatoms. The number of aromatic nitrogens is 6. The Morgan fingerprint density at radius 1 is 1.26 bits per heavy atom. The van der Waals surface area contributed by atoms with Gasteiger partial charge in [-0.15, -0.1) is 15.3 Å². The standard InChI is InChI=1S/C18H21N7O2/c1-23-11-19-8-14(23)18(26)24-7-6-12(9-24)10-27-16-5-4-15-20-21-17(13-2-3-13)25(15)22-16/h4-5,8,11-13H,2-3,6-7,9-10H2,1H3. The maximum atomic E-state index is 12.6. The summed E-state index contributed by atoms with van der Waals surface area (Å²) in [4.78, 5) is 18.5. The molecular weight excluding hydrogens is 346 g/mol. The Morgan fingerprint density at radius 3 is 2.93 bits per heavy atom.